The second kappa shape index (κ2) is 22.2. The fourth-order valence-electron chi connectivity index (χ4n) is 5.16. The van der Waals surface area contributed by atoms with Crippen LogP contribution in [0.3, 0.4) is 0 Å². The molecule has 51 heavy (non-hydrogen) atoms. The number of hydrogen-bond donors (Lipinski definition) is 2. The molecular weight excluding hydrogens is 885 g/mol. The average molecular weight is 940 g/mol. The number of nitrogens with one attached hydrogen (secondary N) is 2. The number of allylic oxidation sites excluding steroid dienone is 2. The molecule has 0 spiro atoms. The van der Waals surface area contributed by atoms with E-state index in [1.807, 2.05) is 70.3 Å². The van der Waals surface area contributed by atoms with Gasteiger partial charge in [0.15, 0.2) is 0 Å². The smallest absolute Gasteiger partial charge is 0.415 e. The van der Waals surface area contributed by atoms with E-state index in [0.29, 0.717) is 23.3 Å². The van der Waals surface area contributed by atoms with Gasteiger partial charge in [-0.15, -0.1) is 16.4 Å². The number of methoxy groups -OCH3 is 1. The van der Waals surface area contributed by atoms with E-state index in [1.165, 1.54) is 30.3 Å². The van der Waals surface area contributed by atoms with Crippen molar-refractivity contribution >= 4 is 52.0 Å². The topological polar surface area (TPSA) is 107 Å². The van der Waals surface area contributed by atoms with Crippen LogP contribution in [0.25, 0.3) is 22.2 Å². The summed E-state index contributed by atoms with van der Waals surface area (Å²) in [4.78, 5) is 33.6. The molecule has 2 N–H and O–H groups in total. The maximum atomic E-state index is 12.5. The van der Waals surface area contributed by atoms with Crippen LogP contribution >= 0.6 is 11.3 Å². The summed E-state index contributed by atoms with van der Waals surface area (Å²) in [5.74, 6) is 1.38. The number of fused-ring (bicyclic) bond motifs is 1. The summed E-state index contributed by atoms with van der Waals surface area (Å²) in [5.41, 5.74) is 4.36. The maximum absolute atomic E-state index is 12.5. The Balaban J connectivity index is 0.000000551. The molecule has 9 nitrogen and oxygen atoms in total. The van der Waals surface area contributed by atoms with E-state index in [4.69, 9.17) is 14.5 Å². The van der Waals surface area contributed by atoms with Gasteiger partial charge in [0.05, 0.1) is 5.60 Å². The molecule has 1 fully saturated rings. The van der Waals surface area contributed by atoms with Gasteiger partial charge in [-0.2, -0.15) is 17.5 Å². The number of ketones is 1. The van der Waals surface area contributed by atoms with Crippen LogP contribution in [0.2, 0.25) is 0 Å². The van der Waals surface area contributed by atoms with Gasteiger partial charge in [-0.1, -0.05) is 63.6 Å². The number of benzene rings is 1. The van der Waals surface area contributed by atoms with Gasteiger partial charge in [0.1, 0.15) is 11.5 Å². The van der Waals surface area contributed by atoms with E-state index >= 15 is 0 Å². The van der Waals surface area contributed by atoms with Gasteiger partial charge in [-0.05, 0) is 70.4 Å². The largest absolute Gasteiger partial charge is 2.00 e. The molecule has 0 radical (unpaired) electrons. The number of aromatic nitrogens is 3. The molecule has 1 saturated carbocycles. The van der Waals surface area contributed by atoms with Gasteiger partial charge in [-0.25, -0.2) is 22.4 Å². The fraction of sp³-hybridized carbons (Fsp3) is 0.475. The Morgan fingerprint density at radius 2 is 1.76 bits per heavy atom. The van der Waals surface area contributed by atoms with Gasteiger partial charge in [-0.3, -0.25) is 10.9 Å². The van der Waals surface area contributed by atoms with Crippen molar-refractivity contribution in [1.82, 2.24) is 14.5 Å². The predicted octanol–water partition coefficient (Wildman–Crippen LogP) is 10.2. The molecule has 0 atom stereocenters. The van der Waals surface area contributed by atoms with Crippen LogP contribution in [-0.2, 0) is 14.3 Å². The Hall–Kier alpha value is -2.94. The Morgan fingerprint density at radius 3 is 2.31 bits per heavy atom. The molecule has 1 aliphatic rings. The Kier molecular flexibility index (Phi) is 19.3. The Morgan fingerprint density at radius 1 is 1.14 bits per heavy atom. The van der Waals surface area contributed by atoms with Crippen LogP contribution in [0.15, 0.2) is 48.0 Å². The van der Waals surface area contributed by atoms with E-state index in [-0.39, 0.29) is 48.4 Å². The second-order valence-corrected chi connectivity index (χ2v) is 14.4. The molecule has 11 heteroatoms. The summed E-state index contributed by atoms with van der Waals surface area (Å²) in [7, 11) is 1.71. The van der Waals surface area contributed by atoms with Gasteiger partial charge >= 0.3 is 31.1 Å². The summed E-state index contributed by atoms with van der Waals surface area (Å²) < 4.78 is 12.2. The van der Waals surface area contributed by atoms with Gasteiger partial charge in [0.2, 0.25) is 12.4 Å². The molecule has 3 aromatic heterocycles. The van der Waals surface area contributed by atoms with Crippen molar-refractivity contribution in [3.63, 3.8) is 0 Å². The molecule has 3 heterocycles. The first-order valence-electron chi connectivity index (χ1n) is 17.6. The summed E-state index contributed by atoms with van der Waals surface area (Å²) in [6, 6.07) is 10.2. The van der Waals surface area contributed by atoms with Crippen LogP contribution in [0, 0.1) is 50.0 Å². The second-order valence-electron chi connectivity index (χ2n) is 13.5. The molecule has 1 aliphatic carbocycles. The van der Waals surface area contributed by atoms with Crippen molar-refractivity contribution in [2.24, 2.45) is 5.92 Å². The summed E-state index contributed by atoms with van der Waals surface area (Å²) >= 11 is 1.41. The first-order chi connectivity index (χ1) is 23.9. The van der Waals surface area contributed by atoms with Crippen LogP contribution in [0.1, 0.15) is 108 Å². The van der Waals surface area contributed by atoms with Gasteiger partial charge in [0.25, 0.3) is 0 Å². The van der Waals surface area contributed by atoms with E-state index in [2.05, 4.69) is 47.0 Å². The molecule has 0 bridgehead atoms. The minimum absolute atomic E-state index is 0. The first-order valence-corrected chi connectivity index (χ1v) is 18.5. The molecule has 4 aromatic rings. The number of ether oxygens (including phenoxy) is 2. The third-order valence-corrected chi connectivity index (χ3v) is 8.94. The monoisotopic (exact) mass is 939 g/mol. The number of carbonyl (C=O) groups excluding carboxylic acids is 2. The Bertz CT molecular complexity index is 1660. The summed E-state index contributed by atoms with van der Waals surface area (Å²) in [6.45, 7) is 20.3. The number of carbonyl (C=O) groups is 2. The van der Waals surface area contributed by atoms with E-state index < -0.39 is 0 Å². The molecule has 0 aliphatic heterocycles. The maximum Gasteiger partial charge on any atom is 2.00 e. The number of amides is 1. The van der Waals surface area contributed by atoms with Crippen molar-refractivity contribution in [3.05, 3.63) is 71.4 Å². The number of nitrogens with zero attached hydrogens (tertiary/aromatic N) is 3. The zero-order valence-corrected chi connectivity index (χ0v) is 36.6. The van der Waals surface area contributed by atoms with Crippen molar-refractivity contribution in [2.45, 2.75) is 98.6 Å². The van der Waals surface area contributed by atoms with E-state index in [0.717, 1.165) is 78.1 Å². The molecular formula is C40H55N5O4SU. The van der Waals surface area contributed by atoms with Crippen LogP contribution in [0.4, 0.5) is 17.5 Å². The minimum atomic E-state index is -0.0605. The minimum Gasteiger partial charge on any atom is -0.415 e. The standard InChI is InChI=1S/C29H29N5O2S.C6H14O.C5H12O.U/c1-18(2)8-13-25(36)27-19(3)24(16-37-27)20-9-11-22(12-10-20)32-29-30-15-21-14-26(31-17-35)34(28(21)33-29)23-6-4-5-7-23;1-3-5-7-6-4-2;1-5(2,3)6-4;/h9-18,23H,3-7H2,1-2H3,(H,31,35)(H,30,32,33);3-6H2,1-2H3;1-4H3;/q-2;;;+2. The van der Waals surface area contributed by atoms with Gasteiger partial charge in [0, 0.05) is 43.6 Å². The summed E-state index contributed by atoms with van der Waals surface area (Å²) in [5, 5.41) is 8.98. The molecule has 1 amide bonds. The average Bonchev–Trinajstić information content (AvgIpc) is 3.83. The van der Waals surface area contributed by atoms with Crippen molar-refractivity contribution < 1.29 is 50.2 Å². The molecule has 0 unspecified atom stereocenters. The number of rotatable bonds is 13. The van der Waals surface area contributed by atoms with Crippen LogP contribution in [0.5, 0.6) is 0 Å². The number of anilines is 3. The number of thiophene rings is 1. The molecule has 5 rings (SSSR count). The van der Waals surface area contributed by atoms with Gasteiger partial charge < -0.3 is 29.5 Å². The fourth-order valence-corrected chi connectivity index (χ4v) is 6.11. The van der Waals surface area contributed by atoms with E-state index in [1.54, 1.807) is 13.3 Å². The summed E-state index contributed by atoms with van der Waals surface area (Å²) in [6.07, 6.45) is 13.8. The zero-order chi connectivity index (χ0) is 36.7. The third-order valence-electron chi connectivity index (χ3n) is 7.90. The van der Waals surface area contributed by atoms with Crippen molar-refractivity contribution in [3.8, 4) is 11.1 Å². The van der Waals surface area contributed by atoms with Crippen LogP contribution in [-0.4, -0.2) is 52.7 Å². The quantitative estimate of drug-likeness (QED) is 0.0452. The predicted molar refractivity (Wildman–Crippen MR) is 207 cm³/mol. The number of hydrogen-bond acceptors (Lipinski definition) is 8. The third kappa shape index (κ3) is 13.9. The zero-order valence-electron chi connectivity index (χ0n) is 31.6. The van der Waals surface area contributed by atoms with E-state index in [9.17, 15) is 9.59 Å². The normalized spacial score (nSPS) is 13.0. The molecule has 274 valence electrons. The van der Waals surface area contributed by atoms with Crippen molar-refractivity contribution in [1.29, 1.82) is 0 Å². The molecule has 1 aromatic carbocycles. The first kappa shape index (κ1) is 44.2. The SMILES string of the molecule is CCCOCCC.COC(C)(C)C.[CH2-]c1c(-c2ccc(Nc3ncc4cc(NC=O)n(C5CCCC5)c4n3)cc2)csc1C(=O)C=[C-]C(C)C.[U+2]. The van der Waals surface area contributed by atoms with Crippen LogP contribution < -0.4 is 10.6 Å². The van der Waals surface area contributed by atoms with Crippen molar-refractivity contribution in [2.75, 3.05) is 31.0 Å². The molecule has 0 saturated heterocycles. The Labute approximate surface area is 332 Å².